The molecule has 0 radical (unpaired) electrons. The minimum Gasteiger partial charge on any atom is -0.385 e. The van der Waals surface area contributed by atoms with Crippen molar-refractivity contribution in [1.29, 1.82) is 0 Å². The van der Waals surface area contributed by atoms with E-state index in [2.05, 4.69) is 20.9 Å². The van der Waals surface area contributed by atoms with E-state index in [-0.39, 0.29) is 11.9 Å². The van der Waals surface area contributed by atoms with Crippen LogP contribution in [0.3, 0.4) is 0 Å². The molecule has 30 heavy (non-hydrogen) atoms. The predicted octanol–water partition coefficient (Wildman–Crippen LogP) is 3.51. The molecule has 2 heterocycles. The first-order valence-electron chi connectivity index (χ1n) is 9.63. The average molecular weight is 444 g/mol. The Morgan fingerprint density at radius 3 is 2.70 bits per heavy atom. The Kier molecular flexibility index (Phi) is 6.56. The highest BCUT2D eigenvalue weighted by atomic mass is 35.5. The number of nitrogens with one attached hydrogen (secondary N) is 2. The summed E-state index contributed by atoms with van der Waals surface area (Å²) in [6.45, 7) is 1.16. The second-order valence-corrected chi connectivity index (χ2v) is 8.39. The van der Waals surface area contributed by atoms with Gasteiger partial charge in [-0.3, -0.25) is 4.79 Å². The topological polar surface area (TPSA) is 81.1 Å². The van der Waals surface area contributed by atoms with Gasteiger partial charge in [-0.15, -0.1) is 10.2 Å². The van der Waals surface area contributed by atoms with Crippen molar-refractivity contribution in [3.05, 3.63) is 65.2 Å². The minimum atomic E-state index is -0.408. The quantitative estimate of drug-likeness (QED) is 0.544. The molecule has 2 atom stereocenters. The Balaban J connectivity index is 1.64. The monoisotopic (exact) mass is 443 g/mol. The zero-order valence-corrected chi connectivity index (χ0v) is 18.0. The molecule has 0 bridgehead atoms. The van der Waals surface area contributed by atoms with Crippen molar-refractivity contribution < 1.29 is 9.53 Å². The Morgan fingerprint density at radius 2 is 1.97 bits per heavy atom. The molecule has 156 valence electrons. The highest BCUT2D eigenvalue weighted by molar-refractivity contribution is 8.00. The molecular weight excluding hydrogens is 422 g/mol. The van der Waals surface area contributed by atoms with Gasteiger partial charge in [-0.1, -0.05) is 65.8 Å². The first kappa shape index (κ1) is 20.7. The van der Waals surface area contributed by atoms with E-state index in [1.54, 1.807) is 7.11 Å². The van der Waals surface area contributed by atoms with Gasteiger partial charge in [0.05, 0.1) is 6.04 Å². The Labute approximate surface area is 184 Å². The fourth-order valence-corrected chi connectivity index (χ4v) is 4.51. The van der Waals surface area contributed by atoms with Gasteiger partial charge in [0, 0.05) is 30.8 Å². The molecule has 2 N–H and O–H groups in total. The van der Waals surface area contributed by atoms with Crippen LogP contribution in [0, 0.1) is 0 Å². The van der Waals surface area contributed by atoms with Gasteiger partial charge >= 0.3 is 0 Å². The molecule has 2 aromatic carbocycles. The van der Waals surface area contributed by atoms with E-state index in [1.165, 1.54) is 11.8 Å². The summed E-state index contributed by atoms with van der Waals surface area (Å²) in [5, 5.41) is 12.6. The maximum atomic E-state index is 13.0. The largest absolute Gasteiger partial charge is 0.385 e. The van der Waals surface area contributed by atoms with Crippen LogP contribution in [0.4, 0.5) is 0 Å². The summed E-state index contributed by atoms with van der Waals surface area (Å²) in [5.41, 5.74) is 5.36. The molecule has 1 aliphatic heterocycles. The van der Waals surface area contributed by atoms with Crippen LogP contribution in [0.2, 0.25) is 5.02 Å². The number of amides is 1. The van der Waals surface area contributed by atoms with Crippen molar-refractivity contribution in [2.24, 2.45) is 0 Å². The van der Waals surface area contributed by atoms with Crippen LogP contribution >= 0.6 is 23.4 Å². The van der Waals surface area contributed by atoms with Gasteiger partial charge in [0.25, 0.3) is 0 Å². The zero-order chi connectivity index (χ0) is 20.9. The van der Waals surface area contributed by atoms with E-state index in [1.807, 2.05) is 59.3 Å². The lowest BCUT2D eigenvalue weighted by molar-refractivity contribution is -0.121. The van der Waals surface area contributed by atoms with Crippen molar-refractivity contribution >= 4 is 29.3 Å². The molecule has 4 rings (SSSR count). The molecule has 9 heteroatoms. The van der Waals surface area contributed by atoms with Crippen LogP contribution < -0.4 is 10.7 Å². The number of carbonyl (C=O) groups excluding carboxylic acids is 1. The standard InChI is InChI=1S/C21H22ClN5O2S/c1-29-13-5-12-23-20(28)18-17(14-8-10-16(22)11-9-14)26-27-19(24-25-21(27)30-18)15-6-3-2-4-7-15/h2-4,6-11,17-18,26H,5,12-13H2,1H3,(H,23,28)/t17-,18-/m0/s1. The van der Waals surface area contributed by atoms with Crippen molar-refractivity contribution in [2.45, 2.75) is 22.9 Å². The number of halogens is 1. The van der Waals surface area contributed by atoms with Gasteiger partial charge in [-0.05, 0) is 24.1 Å². The van der Waals surface area contributed by atoms with Crippen LogP contribution in [0.1, 0.15) is 18.0 Å². The number of thioether (sulfide) groups is 1. The summed E-state index contributed by atoms with van der Waals surface area (Å²) < 4.78 is 6.91. The van der Waals surface area contributed by atoms with Crippen LogP contribution in [-0.4, -0.2) is 46.3 Å². The van der Waals surface area contributed by atoms with Crippen LogP contribution in [-0.2, 0) is 9.53 Å². The third kappa shape index (κ3) is 4.45. The van der Waals surface area contributed by atoms with Gasteiger partial charge in [0.1, 0.15) is 5.25 Å². The molecule has 0 saturated heterocycles. The number of nitrogens with zero attached hydrogens (tertiary/aromatic N) is 3. The molecule has 0 saturated carbocycles. The second-order valence-electron chi connectivity index (χ2n) is 6.84. The number of hydrogen-bond donors (Lipinski definition) is 2. The summed E-state index contributed by atoms with van der Waals surface area (Å²) in [6, 6.07) is 17.1. The molecule has 3 aromatic rings. The molecular formula is C21H22ClN5O2S. The smallest absolute Gasteiger partial charge is 0.236 e. The predicted molar refractivity (Wildman–Crippen MR) is 118 cm³/mol. The average Bonchev–Trinajstić information content (AvgIpc) is 3.20. The van der Waals surface area contributed by atoms with E-state index in [0.29, 0.717) is 29.2 Å². The number of fused-ring (bicyclic) bond motifs is 1. The molecule has 1 aromatic heterocycles. The van der Waals surface area contributed by atoms with E-state index in [9.17, 15) is 4.79 Å². The molecule has 7 nitrogen and oxygen atoms in total. The summed E-state index contributed by atoms with van der Waals surface area (Å²) in [4.78, 5) is 13.0. The molecule has 0 fully saturated rings. The fraction of sp³-hybridized carbons (Fsp3) is 0.286. The summed E-state index contributed by atoms with van der Waals surface area (Å²) >= 11 is 7.48. The third-order valence-corrected chi connectivity index (χ3v) is 6.25. The Bertz CT molecular complexity index is 996. The van der Waals surface area contributed by atoms with Crippen LogP contribution in [0.5, 0.6) is 0 Å². The number of rotatable bonds is 7. The lowest BCUT2D eigenvalue weighted by Crippen LogP contribution is -2.44. The zero-order valence-electron chi connectivity index (χ0n) is 16.4. The maximum Gasteiger partial charge on any atom is 0.236 e. The summed E-state index contributed by atoms with van der Waals surface area (Å²) in [5.74, 6) is 0.648. The van der Waals surface area contributed by atoms with Crippen molar-refractivity contribution in [3.8, 4) is 11.4 Å². The van der Waals surface area contributed by atoms with Gasteiger partial charge in [-0.2, -0.15) is 0 Å². The SMILES string of the molecule is COCCCNC(=O)[C@H]1Sc2nnc(-c3ccccc3)n2N[C@H]1c1ccc(Cl)cc1. The minimum absolute atomic E-state index is 0.0564. The van der Waals surface area contributed by atoms with Gasteiger partial charge in [0.2, 0.25) is 11.1 Å². The second kappa shape index (κ2) is 9.51. The van der Waals surface area contributed by atoms with E-state index in [0.717, 1.165) is 17.5 Å². The van der Waals surface area contributed by atoms with Crippen LogP contribution in [0.15, 0.2) is 59.8 Å². The third-order valence-electron chi connectivity index (χ3n) is 4.78. The van der Waals surface area contributed by atoms with Crippen LogP contribution in [0.25, 0.3) is 11.4 Å². The molecule has 0 aliphatic carbocycles. The number of carbonyl (C=O) groups is 1. The maximum absolute atomic E-state index is 13.0. The van der Waals surface area contributed by atoms with E-state index >= 15 is 0 Å². The highest BCUT2D eigenvalue weighted by Crippen LogP contribution is 2.38. The summed E-state index contributed by atoms with van der Waals surface area (Å²) in [6.07, 6.45) is 0.757. The van der Waals surface area contributed by atoms with Gasteiger partial charge in [-0.25, -0.2) is 4.68 Å². The Morgan fingerprint density at radius 1 is 1.20 bits per heavy atom. The number of ether oxygens (including phenoxy) is 1. The van der Waals surface area contributed by atoms with E-state index < -0.39 is 5.25 Å². The first-order chi connectivity index (χ1) is 14.7. The van der Waals surface area contributed by atoms with Crippen molar-refractivity contribution in [2.75, 3.05) is 25.7 Å². The lowest BCUT2D eigenvalue weighted by atomic mass is 10.0. The fourth-order valence-electron chi connectivity index (χ4n) is 3.28. The lowest BCUT2D eigenvalue weighted by Gasteiger charge is -2.33. The summed E-state index contributed by atoms with van der Waals surface area (Å²) in [7, 11) is 1.65. The Hall–Kier alpha value is -2.55. The van der Waals surface area contributed by atoms with Gasteiger partial charge in [0.15, 0.2) is 5.82 Å². The molecule has 0 spiro atoms. The number of aromatic nitrogens is 3. The van der Waals surface area contributed by atoms with Gasteiger partial charge < -0.3 is 15.5 Å². The number of hydrogen-bond acceptors (Lipinski definition) is 6. The van der Waals surface area contributed by atoms with Crippen molar-refractivity contribution in [1.82, 2.24) is 20.2 Å². The molecule has 0 unspecified atom stereocenters. The highest BCUT2D eigenvalue weighted by Gasteiger charge is 2.37. The normalized spacial score (nSPS) is 17.8. The molecule has 1 aliphatic rings. The van der Waals surface area contributed by atoms with E-state index in [4.69, 9.17) is 16.3 Å². The molecule has 1 amide bonds. The van der Waals surface area contributed by atoms with Crippen molar-refractivity contribution in [3.63, 3.8) is 0 Å². The first-order valence-corrected chi connectivity index (χ1v) is 10.9. The number of methoxy groups -OCH3 is 1. The number of benzene rings is 2.